The summed E-state index contributed by atoms with van der Waals surface area (Å²) in [6, 6.07) is 0. The van der Waals surface area contributed by atoms with Crippen molar-refractivity contribution in [3.05, 3.63) is 16.0 Å². The molecule has 1 saturated carbocycles. The second kappa shape index (κ2) is 7.64. The molecule has 25 heavy (non-hydrogen) atoms. The highest BCUT2D eigenvalue weighted by atomic mass is 32.1. The number of rotatable bonds is 6. The zero-order valence-corrected chi connectivity index (χ0v) is 15.2. The van der Waals surface area contributed by atoms with Gasteiger partial charge in [0.15, 0.2) is 6.61 Å². The van der Waals surface area contributed by atoms with Gasteiger partial charge in [-0.3, -0.25) is 9.59 Å². The van der Waals surface area contributed by atoms with Crippen LogP contribution in [0, 0.1) is 18.8 Å². The molecule has 1 heterocycles. The minimum Gasteiger partial charge on any atom is -0.465 e. The van der Waals surface area contributed by atoms with Gasteiger partial charge in [0.25, 0.3) is 5.91 Å². The summed E-state index contributed by atoms with van der Waals surface area (Å²) in [5, 5.41) is 2.63. The number of carbonyl (C=O) groups excluding carboxylic acids is 4. The molecule has 2 atom stereocenters. The normalized spacial score (nSPS) is 18.2. The highest BCUT2D eigenvalue weighted by Gasteiger charge is 2.40. The summed E-state index contributed by atoms with van der Waals surface area (Å²) in [4.78, 5) is 47.6. The van der Waals surface area contributed by atoms with E-state index in [4.69, 9.17) is 9.47 Å². The van der Waals surface area contributed by atoms with E-state index in [-0.39, 0.29) is 27.3 Å². The average Bonchev–Trinajstić information content (AvgIpc) is 3.24. The first-order valence-corrected chi connectivity index (χ1v) is 8.38. The zero-order valence-electron chi connectivity index (χ0n) is 14.3. The molecule has 0 radical (unpaired) electrons. The van der Waals surface area contributed by atoms with E-state index in [0.29, 0.717) is 5.56 Å². The number of hydrogen-bond donors (Lipinski definition) is 1. The van der Waals surface area contributed by atoms with Gasteiger partial charge >= 0.3 is 17.9 Å². The Morgan fingerprint density at radius 2 is 1.76 bits per heavy atom. The molecule has 0 bridgehead atoms. The lowest BCUT2D eigenvalue weighted by atomic mass is 10.1. The van der Waals surface area contributed by atoms with Gasteiger partial charge < -0.3 is 19.5 Å². The molecule has 9 heteroatoms. The third-order valence-electron chi connectivity index (χ3n) is 3.92. The fraction of sp³-hybridized carbons (Fsp3) is 0.500. The summed E-state index contributed by atoms with van der Waals surface area (Å²) >= 11 is 0.896. The maximum atomic E-state index is 12.0. The minimum absolute atomic E-state index is 0.0726. The van der Waals surface area contributed by atoms with Crippen molar-refractivity contribution in [2.75, 3.05) is 26.1 Å². The highest BCUT2D eigenvalue weighted by molar-refractivity contribution is 7.18. The number of methoxy groups -OCH3 is 2. The molecule has 1 aliphatic carbocycles. The number of ether oxygens (including phenoxy) is 3. The van der Waals surface area contributed by atoms with Crippen LogP contribution in [0.1, 0.15) is 38.9 Å². The molecule has 0 saturated heterocycles. The maximum absolute atomic E-state index is 12.0. The van der Waals surface area contributed by atoms with Gasteiger partial charge in [0.05, 0.1) is 25.7 Å². The molecule has 136 valence electrons. The monoisotopic (exact) mass is 369 g/mol. The van der Waals surface area contributed by atoms with Crippen molar-refractivity contribution in [1.82, 2.24) is 0 Å². The molecule has 8 nitrogen and oxygen atoms in total. The number of nitrogens with one attached hydrogen (secondary N) is 1. The van der Waals surface area contributed by atoms with Gasteiger partial charge in [0, 0.05) is 0 Å². The molecule has 0 aliphatic heterocycles. The Kier molecular flexibility index (Phi) is 5.78. The Balaban J connectivity index is 2.11. The van der Waals surface area contributed by atoms with Crippen LogP contribution in [0.3, 0.4) is 0 Å². The summed E-state index contributed by atoms with van der Waals surface area (Å²) in [6.45, 7) is 3.02. The molecule has 1 N–H and O–H groups in total. The van der Waals surface area contributed by atoms with Crippen molar-refractivity contribution in [3.63, 3.8) is 0 Å². The second-order valence-corrected chi connectivity index (χ2v) is 6.74. The molecule has 1 fully saturated rings. The van der Waals surface area contributed by atoms with Crippen LogP contribution in [0.2, 0.25) is 0 Å². The molecule has 0 aromatic carbocycles. The number of carbonyl (C=O) groups is 4. The van der Waals surface area contributed by atoms with Gasteiger partial charge in [-0.2, -0.15) is 0 Å². The Bertz CT molecular complexity index is 724. The van der Waals surface area contributed by atoms with Gasteiger partial charge in [0.1, 0.15) is 9.88 Å². The largest absolute Gasteiger partial charge is 0.465 e. The number of esters is 3. The van der Waals surface area contributed by atoms with Crippen LogP contribution in [0.5, 0.6) is 0 Å². The fourth-order valence-corrected chi connectivity index (χ4v) is 3.42. The predicted molar refractivity (Wildman–Crippen MR) is 88.6 cm³/mol. The van der Waals surface area contributed by atoms with Gasteiger partial charge in [-0.1, -0.05) is 6.92 Å². The molecule has 1 aliphatic rings. The summed E-state index contributed by atoms with van der Waals surface area (Å²) in [6.07, 6.45) is 0.763. The van der Waals surface area contributed by atoms with E-state index < -0.39 is 30.4 Å². The maximum Gasteiger partial charge on any atom is 0.348 e. The first kappa shape index (κ1) is 18.9. The number of amides is 1. The van der Waals surface area contributed by atoms with E-state index in [1.807, 2.05) is 6.92 Å². The van der Waals surface area contributed by atoms with Crippen molar-refractivity contribution in [2.45, 2.75) is 20.3 Å². The molecule has 0 unspecified atom stereocenters. The van der Waals surface area contributed by atoms with Crippen LogP contribution in [0.25, 0.3) is 0 Å². The highest BCUT2D eigenvalue weighted by Crippen LogP contribution is 2.38. The predicted octanol–water partition coefficient (Wildman–Crippen LogP) is 1.77. The van der Waals surface area contributed by atoms with E-state index in [9.17, 15) is 19.2 Å². The minimum atomic E-state index is -0.692. The third kappa shape index (κ3) is 4.16. The van der Waals surface area contributed by atoms with E-state index >= 15 is 0 Å². The first-order chi connectivity index (χ1) is 11.8. The molecule has 0 spiro atoms. The quantitative estimate of drug-likeness (QED) is 0.601. The van der Waals surface area contributed by atoms with Crippen LogP contribution < -0.4 is 5.32 Å². The standard InChI is InChI=1S/C16H19NO7S/c1-7-5-9(7)14(19)24-6-10(18)17-13-11(15(20)22-3)8(2)12(25-13)16(21)23-4/h7,9H,5-6H2,1-4H3,(H,17,18)/t7-,9-/m1/s1. The Hall–Kier alpha value is -2.42. The molecule has 2 rings (SSSR count). The lowest BCUT2D eigenvalue weighted by Crippen LogP contribution is -2.22. The topological polar surface area (TPSA) is 108 Å². The summed E-state index contributed by atoms with van der Waals surface area (Å²) in [5.41, 5.74) is 0.422. The van der Waals surface area contributed by atoms with Crippen molar-refractivity contribution in [3.8, 4) is 0 Å². The van der Waals surface area contributed by atoms with Gasteiger partial charge in [-0.15, -0.1) is 11.3 Å². The summed E-state index contributed by atoms with van der Waals surface area (Å²) in [5.74, 6) is -2.19. The smallest absolute Gasteiger partial charge is 0.348 e. The second-order valence-electron chi connectivity index (χ2n) is 5.72. The Morgan fingerprint density at radius 1 is 1.16 bits per heavy atom. The van der Waals surface area contributed by atoms with E-state index in [1.165, 1.54) is 14.2 Å². The Morgan fingerprint density at radius 3 is 2.28 bits per heavy atom. The van der Waals surface area contributed by atoms with Crippen molar-refractivity contribution >= 4 is 40.2 Å². The van der Waals surface area contributed by atoms with Crippen molar-refractivity contribution in [1.29, 1.82) is 0 Å². The number of hydrogen-bond acceptors (Lipinski definition) is 8. The summed E-state index contributed by atoms with van der Waals surface area (Å²) < 4.78 is 14.3. The number of thiophene rings is 1. The van der Waals surface area contributed by atoms with E-state index in [2.05, 4.69) is 10.1 Å². The molecule has 1 amide bonds. The molecule has 1 aromatic heterocycles. The number of anilines is 1. The lowest BCUT2D eigenvalue weighted by molar-refractivity contribution is -0.148. The van der Waals surface area contributed by atoms with Crippen LogP contribution in [0.15, 0.2) is 0 Å². The first-order valence-electron chi connectivity index (χ1n) is 7.56. The van der Waals surface area contributed by atoms with Crippen LogP contribution in [-0.2, 0) is 23.8 Å². The van der Waals surface area contributed by atoms with Crippen LogP contribution in [0.4, 0.5) is 5.00 Å². The third-order valence-corrected chi connectivity index (χ3v) is 5.11. The SMILES string of the molecule is COC(=O)c1sc(NC(=O)COC(=O)[C@@H]2C[C@H]2C)c(C(=O)OC)c1C. The molecule has 1 aromatic rings. The average molecular weight is 369 g/mol. The van der Waals surface area contributed by atoms with Crippen LogP contribution in [-0.4, -0.2) is 44.6 Å². The Labute approximate surface area is 148 Å². The van der Waals surface area contributed by atoms with Crippen molar-refractivity contribution in [2.24, 2.45) is 11.8 Å². The van der Waals surface area contributed by atoms with Crippen LogP contribution >= 0.6 is 11.3 Å². The van der Waals surface area contributed by atoms with E-state index in [1.54, 1.807) is 6.92 Å². The van der Waals surface area contributed by atoms with Gasteiger partial charge in [0.2, 0.25) is 0 Å². The van der Waals surface area contributed by atoms with Gasteiger partial charge in [-0.25, -0.2) is 9.59 Å². The zero-order chi connectivity index (χ0) is 18.7. The molecular formula is C16H19NO7S. The lowest BCUT2D eigenvalue weighted by Gasteiger charge is -2.07. The van der Waals surface area contributed by atoms with E-state index in [0.717, 1.165) is 17.8 Å². The summed E-state index contributed by atoms with van der Waals surface area (Å²) in [7, 11) is 2.41. The molecular weight excluding hydrogens is 350 g/mol. The fourth-order valence-electron chi connectivity index (χ4n) is 2.29. The van der Waals surface area contributed by atoms with Gasteiger partial charge in [-0.05, 0) is 24.8 Å². The van der Waals surface area contributed by atoms with Crippen molar-refractivity contribution < 1.29 is 33.4 Å².